The molecule has 0 unspecified atom stereocenters. The van der Waals surface area contributed by atoms with Gasteiger partial charge in [-0.1, -0.05) is 36.7 Å². The van der Waals surface area contributed by atoms with Crippen molar-refractivity contribution >= 4 is 23.5 Å². The van der Waals surface area contributed by atoms with Crippen LogP contribution in [-0.2, 0) is 47.5 Å². The topological polar surface area (TPSA) is 251 Å². The molecule has 1 aliphatic heterocycles. The van der Waals surface area contributed by atoms with Crippen molar-refractivity contribution in [3.63, 3.8) is 0 Å². The van der Waals surface area contributed by atoms with Crippen molar-refractivity contribution in [3.05, 3.63) is 40.3 Å². The molecule has 20 heteroatoms. The van der Waals surface area contributed by atoms with Crippen LogP contribution in [0.15, 0.2) is 29.4 Å². The van der Waals surface area contributed by atoms with Crippen LogP contribution in [0.1, 0.15) is 64.4 Å². The van der Waals surface area contributed by atoms with Gasteiger partial charge in [-0.3, -0.25) is 9.59 Å². The molecule has 0 aliphatic carbocycles. The lowest BCUT2D eigenvalue weighted by atomic mass is 9.91. The molecule has 65 heavy (non-hydrogen) atoms. The highest BCUT2D eigenvalue weighted by molar-refractivity contribution is 5.88. The van der Waals surface area contributed by atoms with Gasteiger partial charge in [0, 0.05) is 49.2 Å². The second-order valence-electron chi connectivity index (χ2n) is 16.2. The summed E-state index contributed by atoms with van der Waals surface area (Å²) in [5.74, 6) is 0.184. The summed E-state index contributed by atoms with van der Waals surface area (Å²) in [5.41, 5.74) is 15.5. The average molecular weight is 924 g/mol. The Morgan fingerprint density at radius 1 is 0.754 bits per heavy atom. The van der Waals surface area contributed by atoms with Crippen molar-refractivity contribution in [2.24, 2.45) is 22.7 Å². The number of nitrogens with one attached hydrogen (secondary N) is 4. The van der Waals surface area contributed by atoms with Crippen molar-refractivity contribution < 1.29 is 52.3 Å². The Morgan fingerprint density at radius 3 is 1.75 bits per heavy atom. The Kier molecular flexibility index (Phi) is 34.7. The summed E-state index contributed by atoms with van der Waals surface area (Å²) < 4.78 is 44.0. The highest BCUT2D eigenvalue weighted by Crippen LogP contribution is 2.22. The number of anilines is 1. The Bertz CT molecular complexity index is 1400. The molecular weight excluding hydrogens is 843 g/mol. The number of rotatable bonds is 42. The standard InChI is InChI=1S/C45H81N9O11/c1-37(2)43(44(56)51-41(7-5-15-48-45(46)57)36-49-40-11-9-38(3)10-12-40)52-42(55)8-4-6-39-13-17-54(18-14-39)19-21-59-23-25-61-27-29-63-31-33-65-35-34-64-32-30-62-28-26-60-24-22-58-20-16-50-53-47/h9-12,37,39,41,43,49H,4-8,13-36H2,1-3H3,(H,51,56)(H,52,55)(H3,46,48,57)/t41-,43-/m0/s1. The molecule has 1 aliphatic rings. The number of carbonyl (C=O) groups is 3. The van der Waals surface area contributed by atoms with Gasteiger partial charge in [0.05, 0.1) is 106 Å². The summed E-state index contributed by atoms with van der Waals surface area (Å²) in [4.78, 5) is 42.7. The minimum atomic E-state index is -0.646. The van der Waals surface area contributed by atoms with Crippen molar-refractivity contribution in [1.29, 1.82) is 0 Å². The second kappa shape index (κ2) is 39.4. The van der Waals surface area contributed by atoms with E-state index in [4.69, 9.17) is 49.2 Å². The normalized spacial score (nSPS) is 14.2. The number of hydrogen-bond donors (Lipinski definition) is 5. The number of benzene rings is 1. The molecule has 0 aromatic heterocycles. The molecule has 372 valence electrons. The third-order valence-electron chi connectivity index (χ3n) is 10.5. The molecule has 1 aromatic rings. The number of carbonyl (C=O) groups excluding carboxylic acids is 3. The number of primary amides is 1. The third kappa shape index (κ3) is 32.5. The largest absolute Gasteiger partial charge is 0.383 e. The fraction of sp³-hybridized carbons (Fsp3) is 0.800. The Balaban J connectivity index is 1.41. The van der Waals surface area contributed by atoms with E-state index in [-0.39, 0.29) is 23.8 Å². The van der Waals surface area contributed by atoms with E-state index in [0.717, 1.165) is 56.6 Å². The molecule has 4 amide bonds. The van der Waals surface area contributed by atoms with Crippen LogP contribution < -0.4 is 27.0 Å². The van der Waals surface area contributed by atoms with Crippen molar-refractivity contribution in [2.75, 3.05) is 150 Å². The second-order valence-corrected chi connectivity index (χ2v) is 16.2. The van der Waals surface area contributed by atoms with E-state index < -0.39 is 12.1 Å². The number of hydrogen-bond acceptors (Lipinski definition) is 14. The summed E-state index contributed by atoms with van der Waals surface area (Å²) in [7, 11) is 0. The van der Waals surface area contributed by atoms with Crippen LogP contribution >= 0.6 is 0 Å². The smallest absolute Gasteiger partial charge is 0.312 e. The molecule has 20 nitrogen and oxygen atoms in total. The van der Waals surface area contributed by atoms with Gasteiger partial charge >= 0.3 is 6.03 Å². The summed E-state index contributed by atoms with van der Waals surface area (Å²) in [6.07, 6.45) is 5.63. The van der Waals surface area contributed by atoms with Crippen LogP contribution in [0.4, 0.5) is 10.5 Å². The SMILES string of the molecule is Cc1ccc(NC[C@H](CCCNC(N)=O)NC(=O)[C@@H](NC(=O)CCCC2CCN(CCOCCOCCOCCOCCOCCOCCOCCOCCN=[N+]=[N-])CC2)C(C)C)cc1. The summed E-state index contributed by atoms with van der Waals surface area (Å²) in [5, 5.41) is 15.5. The maximum Gasteiger partial charge on any atom is 0.312 e. The highest BCUT2D eigenvalue weighted by atomic mass is 16.6. The van der Waals surface area contributed by atoms with Crippen LogP contribution in [0, 0.1) is 18.8 Å². The number of amides is 4. The zero-order valence-corrected chi connectivity index (χ0v) is 39.5. The molecule has 1 fully saturated rings. The van der Waals surface area contributed by atoms with Crippen molar-refractivity contribution in [1.82, 2.24) is 20.9 Å². The van der Waals surface area contributed by atoms with Gasteiger partial charge in [0.2, 0.25) is 11.8 Å². The van der Waals surface area contributed by atoms with E-state index in [1.807, 2.05) is 45.0 Å². The zero-order chi connectivity index (χ0) is 47.0. The third-order valence-corrected chi connectivity index (χ3v) is 10.5. The molecule has 1 saturated heterocycles. The molecule has 0 spiro atoms. The lowest BCUT2D eigenvalue weighted by Gasteiger charge is -2.32. The first-order chi connectivity index (χ1) is 31.7. The van der Waals surface area contributed by atoms with Crippen LogP contribution in [0.25, 0.3) is 10.4 Å². The van der Waals surface area contributed by atoms with E-state index in [1.54, 1.807) is 0 Å². The predicted molar refractivity (Wildman–Crippen MR) is 249 cm³/mol. The maximum absolute atomic E-state index is 13.5. The van der Waals surface area contributed by atoms with Crippen molar-refractivity contribution in [2.45, 2.75) is 77.8 Å². The molecule has 0 bridgehead atoms. The molecule has 0 saturated carbocycles. The molecule has 1 aromatic carbocycles. The quantitative estimate of drug-likeness (QED) is 0.0271. The number of likely N-dealkylation sites (tertiary alicyclic amines) is 1. The number of ether oxygens (including phenoxy) is 8. The van der Waals surface area contributed by atoms with E-state index in [2.05, 4.69) is 36.2 Å². The highest BCUT2D eigenvalue weighted by Gasteiger charge is 2.26. The van der Waals surface area contributed by atoms with Gasteiger partial charge in [0.15, 0.2) is 0 Å². The first-order valence-electron chi connectivity index (χ1n) is 23.5. The lowest BCUT2D eigenvalue weighted by Crippen LogP contribution is -2.53. The predicted octanol–water partition coefficient (Wildman–Crippen LogP) is 3.81. The van der Waals surface area contributed by atoms with Crippen LogP contribution in [-0.4, -0.2) is 180 Å². The van der Waals surface area contributed by atoms with Gasteiger partial charge in [-0.05, 0) is 88.0 Å². The Labute approximate surface area is 386 Å². The molecule has 1 heterocycles. The van der Waals surface area contributed by atoms with Gasteiger partial charge in [-0.2, -0.15) is 0 Å². The minimum Gasteiger partial charge on any atom is -0.383 e. The molecular formula is C45H81N9O11. The number of piperidine rings is 1. The molecule has 2 rings (SSSR count). The van der Waals surface area contributed by atoms with Crippen LogP contribution in [0.5, 0.6) is 0 Å². The van der Waals surface area contributed by atoms with Crippen LogP contribution in [0.2, 0.25) is 0 Å². The first-order valence-corrected chi connectivity index (χ1v) is 23.5. The van der Waals surface area contributed by atoms with Gasteiger partial charge in [0.1, 0.15) is 6.04 Å². The summed E-state index contributed by atoms with van der Waals surface area (Å²) in [6, 6.07) is 6.62. The summed E-state index contributed by atoms with van der Waals surface area (Å²) in [6.45, 7) is 18.0. The number of nitrogens with zero attached hydrogens (tertiary/aromatic N) is 4. The maximum atomic E-state index is 13.5. The lowest BCUT2D eigenvalue weighted by molar-refractivity contribution is -0.130. The van der Waals surface area contributed by atoms with E-state index in [0.29, 0.717) is 151 Å². The molecule has 6 N–H and O–H groups in total. The Hall–Kier alpha value is -3.82. The van der Waals surface area contributed by atoms with Gasteiger partial charge in [-0.15, -0.1) is 0 Å². The number of urea groups is 1. The fourth-order valence-corrected chi connectivity index (χ4v) is 6.80. The average Bonchev–Trinajstić information content (AvgIpc) is 3.29. The van der Waals surface area contributed by atoms with Crippen LogP contribution in [0.3, 0.4) is 0 Å². The zero-order valence-electron chi connectivity index (χ0n) is 39.5. The fourth-order valence-electron chi connectivity index (χ4n) is 6.80. The van der Waals surface area contributed by atoms with Gasteiger partial charge in [0.25, 0.3) is 0 Å². The number of azide groups is 1. The van der Waals surface area contributed by atoms with Crippen molar-refractivity contribution in [3.8, 4) is 0 Å². The first kappa shape index (κ1) is 57.3. The molecule has 2 atom stereocenters. The number of nitrogens with two attached hydrogens (primary N) is 1. The minimum absolute atomic E-state index is 0.0870. The molecule has 0 radical (unpaired) electrons. The summed E-state index contributed by atoms with van der Waals surface area (Å²) >= 11 is 0. The number of aryl methyl sites for hydroxylation is 1. The van der Waals surface area contributed by atoms with E-state index in [9.17, 15) is 14.4 Å². The Morgan fingerprint density at radius 2 is 1.26 bits per heavy atom. The van der Waals surface area contributed by atoms with Gasteiger partial charge in [-0.25, -0.2) is 4.79 Å². The monoisotopic (exact) mass is 924 g/mol. The van der Waals surface area contributed by atoms with E-state index >= 15 is 0 Å². The van der Waals surface area contributed by atoms with Gasteiger partial charge < -0.3 is 69.8 Å². The van der Waals surface area contributed by atoms with E-state index in [1.165, 1.54) is 0 Å².